The van der Waals surface area contributed by atoms with E-state index in [9.17, 15) is 5.11 Å². The molecule has 0 bridgehead atoms. The molecular formula is C14H22N4O. The normalized spacial score (nSPS) is 31.1. The fourth-order valence-corrected chi connectivity index (χ4v) is 3.52. The summed E-state index contributed by atoms with van der Waals surface area (Å²) in [7, 11) is 0. The Labute approximate surface area is 113 Å². The molecule has 2 unspecified atom stereocenters. The van der Waals surface area contributed by atoms with Crippen LogP contribution >= 0.6 is 0 Å². The molecule has 3 N–H and O–H groups in total. The number of anilines is 2. The highest BCUT2D eigenvalue weighted by Gasteiger charge is 2.43. The molecule has 2 fully saturated rings. The van der Waals surface area contributed by atoms with Crippen LogP contribution in [-0.2, 0) is 0 Å². The molecule has 2 atom stereocenters. The summed E-state index contributed by atoms with van der Waals surface area (Å²) >= 11 is 0. The minimum absolute atomic E-state index is 0.367. The number of fused-ring (bicyclic) bond motifs is 1. The van der Waals surface area contributed by atoms with Crippen molar-refractivity contribution in [3.05, 3.63) is 11.9 Å². The lowest BCUT2D eigenvalue weighted by atomic mass is 9.71. The highest BCUT2D eigenvalue weighted by atomic mass is 16.3. The first-order valence-electron chi connectivity index (χ1n) is 7.15. The van der Waals surface area contributed by atoms with Crippen molar-refractivity contribution in [1.29, 1.82) is 0 Å². The molecule has 0 amide bonds. The van der Waals surface area contributed by atoms with Gasteiger partial charge in [-0.05, 0) is 26.2 Å². The van der Waals surface area contributed by atoms with Crippen molar-refractivity contribution >= 4 is 11.6 Å². The fourth-order valence-electron chi connectivity index (χ4n) is 3.52. The van der Waals surface area contributed by atoms with Crippen LogP contribution in [0, 0.1) is 12.8 Å². The van der Waals surface area contributed by atoms with E-state index in [1.807, 2.05) is 13.0 Å². The zero-order valence-corrected chi connectivity index (χ0v) is 11.5. The van der Waals surface area contributed by atoms with Gasteiger partial charge in [0.25, 0.3) is 0 Å². The quantitative estimate of drug-likeness (QED) is 0.802. The molecule has 1 aromatic rings. The van der Waals surface area contributed by atoms with Gasteiger partial charge in [0.05, 0.1) is 5.60 Å². The monoisotopic (exact) mass is 262 g/mol. The van der Waals surface area contributed by atoms with Crippen molar-refractivity contribution < 1.29 is 5.11 Å². The van der Waals surface area contributed by atoms with E-state index in [-0.39, 0.29) is 0 Å². The van der Waals surface area contributed by atoms with Crippen LogP contribution in [0.5, 0.6) is 0 Å². The van der Waals surface area contributed by atoms with Gasteiger partial charge in [-0.1, -0.05) is 12.8 Å². The van der Waals surface area contributed by atoms with Crippen molar-refractivity contribution in [2.75, 3.05) is 23.7 Å². The largest absolute Gasteiger partial charge is 0.389 e. The summed E-state index contributed by atoms with van der Waals surface area (Å²) in [4.78, 5) is 10.8. The lowest BCUT2D eigenvalue weighted by molar-refractivity contribution is -0.0613. The predicted octanol–water partition coefficient (Wildman–Crippen LogP) is 1.50. The maximum Gasteiger partial charge on any atom is 0.134 e. The number of aryl methyl sites for hydroxylation is 1. The van der Waals surface area contributed by atoms with Gasteiger partial charge in [0.15, 0.2) is 0 Å². The molecule has 104 valence electrons. The summed E-state index contributed by atoms with van der Waals surface area (Å²) in [5.74, 6) is 2.50. The van der Waals surface area contributed by atoms with E-state index in [1.54, 1.807) is 0 Å². The van der Waals surface area contributed by atoms with E-state index in [4.69, 9.17) is 5.73 Å². The van der Waals surface area contributed by atoms with Crippen LogP contribution in [0.3, 0.4) is 0 Å². The molecule has 1 aromatic heterocycles. The van der Waals surface area contributed by atoms with Crippen molar-refractivity contribution in [3.63, 3.8) is 0 Å². The van der Waals surface area contributed by atoms with Crippen LogP contribution in [-0.4, -0.2) is 33.8 Å². The number of piperidine rings is 1. The number of nitrogen functional groups attached to an aromatic ring is 1. The van der Waals surface area contributed by atoms with Crippen molar-refractivity contribution in [1.82, 2.24) is 9.97 Å². The molecular weight excluding hydrogens is 240 g/mol. The van der Waals surface area contributed by atoms with E-state index < -0.39 is 5.60 Å². The molecule has 2 heterocycles. The molecule has 1 saturated carbocycles. The smallest absolute Gasteiger partial charge is 0.134 e. The van der Waals surface area contributed by atoms with Crippen LogP contribution in [0.4, 0.5) is 11.6 Å². The highest BCUT2D eigenvalue weighted by molar-refractivity contribution is 5.47. The number of nitrogens with zero attached hydrogens (tertiary/aromatic N) is 3. The molecule has 3 rings (SSSR count). The molecule has 5 heteroatoms. The fraction of sp³-hybridized carbons (Fsp3) is 0.714. The maximum absolute atomic E-state index is 10.7. The minimum atomic E-state index is -0.442. The Balaban J connectivity index is 1.80. The van der Waals surface area contributed by atoms with Gasteiger partial charge in [0.2, 0.25) is 0 Å². The third-order valence-electron chi connectivity index (χ3n) is 4.60. The third-order valence-corrected chi connectivity index (χ3v) is 4.60. The summed E-state index contributed by atoms with van der Waals surface area (Å²) in [6.45, 7) is 3.59. The van der Waals surface area contributed by atoms with Crippen molar-refractivity contribution in [3.8, 4) is 0 Å². The molecule has 1 aliphatic carbocycles. The number of rotatable bonds is 1. The van der Waals surface area contributed by atoms with Crippen LogP contribution in [0.15, 0.2) is 6.07 Å². The zero-order valence-electron chi connectivity index (χ0n) is 11.5. The lowest BCUT2D eigenvalue weighted by Crippen LogP contribution is -2.53. The second-order valence-electron chi connectivity index (χ2n) is 5.94. The van der Waals surface area contributed by atoms with Crippen LogP contribution in [0.2, 0.25) is 0 Å². The first-order valence-corrected chi connectivity index (χ1v) is 7.15. The maximum atomic E-state index is 10.7. The number of aliphatic hydroxyl groups is 1. The van der Waals surface area contributed by atoms with Crippen LogP contribution in [0.1, 0.15) is 37.9 Å². The van der Waals surface area contributed by atoms with Gasteiger partial charge >= 0.3 is 0 Å². The van der Waals surface area contributed by atoms with Crippen molar-refractivity contribution in [2.24, 2.45) is 5.92 Å². The number of nitrogens with two attached hydrogens (primary N) is 1. The van der Waals surface area contributed by atoms with Gasteiger partial charge in [-0.2, -0.15) is 0 Å². The Morgan fingerprint density at radius 3 is 3.00 bits per heavy atom. The standard InChI is InChI=1S/C14H22N4O/c1-10-16-12(15)8-13(17-10)18-7-6-14(19)5-3-2-4-11(14)9-18/h8,11,19H,2-7,9H2,1H3,(H2,15,16,17). The number of hydrogen-bond acceptors (Lipinski definition) is 5. The Bertz CT molecular complexity index is 458. The summed E-state index contributed by atoms with van der Waals surface area (Å²) in [5, 5.41) is 10.7. The van der Waals surface area contributed by atoms with Crippen molar-refractivity contribution in [2.45, 2.75) is 44.6 Å². The molecule has 1 aliphatic heterocycles. The summed E-state index contributed by atoms with van der Waals surface area (Å²) in [6, 6.07) is 1.83. The third kappa shape index (κ3) is 2.39. The highest BCUT2D eigenvalue weighted by Crippen LogP contribution is 2.40. The SMILES string of the molecule is Cc1nc(N)cc(N2CCC3(O)CCCCC3C2)n1. The van der Waals surface area contributed by atoms with Gasteiger partial charge in [0.1, 0.15) is 17.5 Å². The Morgan fingerprint density at radius 2 is 2.21 bits per heavy atom. The first kappa shape index (κ1) is 12.7. The topological polar surface area (TPSA) is 75.3 Å². The molecule has 0 aromatic carbocycles. The van der Waals surface area contributed by atoms with E-state index in [0.29, 0.717) is 17.6 Å². The Hall–Kier alpha value is -1.36. The second kappa shape index (κ2) is 4.63. The summed E-state index contributed by atoms with van der Waals surface area (Å²) in [6.07, 6.45) is 5.29. The average Bonchev–Trinajstić information content (AvgIpc) is 2.36. The number of hydrogen-bond donors (Lipinski definition) is 2. The summed E-state index contributed by atoms with van der Waals surface area (Å²) < 4.78 is 0. The molecule has 0 spiro atoms. The molecule has 19 heavy (non-hydrogen) atoms. The van der Waals surface area contributed by atoms with E-state index in [0.717, 1.165) is 44.6 Å². The zero-order chi connectivity index (χ0) is 13.5. The van der Waals surface area contributed by atoms with E-state index in [1.165, 1.54) is 6.42 Å². The van der Waals surface area contributed by atoms with Crippen LogP contribution in [0.25, 0.3) is 0 Å². The van der Waals surface area contributed by atoms with Gasteiger partial charge in [-0.25, -0.2) is 9.97 Å². The van der Waals surface area contributed by atoms with Gasteiger partial charge in [-0.15, -0.1) is 0 Å². The second-order valence-corrected chi connectivity index (χ2v) is 5.94. The molecule has 2 aliphatic rings. The minimum Gasteiger partial charge on any atom is -0.389 e. The lowest BCUT2D eigenvalue weighted by Gasteiger charge is -2.47. The average molecular weight is 262 g/mol. The van der Waals surface area contributed by atoms with E-state index >= 15 is 0 Å². The summed E-state index contributed by atoms with van der Waals surface area (Å²) in [5.41, 5.74) is 5.35. The molecule has 5 nitrogen and oxygen atoms in total. The molecule has 0 radical (unpaired) electrons. The van der Waals surface area contributed by atoms with Gasteiger partial charge in [0, 0.05) is 25.1 Å². The first-order chi connectivity index (χ1) is 9.07. The number of aromatic nitrogens is 2. The predicted molar refractivity (Wildman–Crippen MR) is 74.9 cm³/mol. The van der Waals surface area contributed by atoms with E-state index in [2.05, 4.69) is 14.9 Å². The van der Waals surface area contributed by atoms with Crippen LogP contribution < -0.4 is 10.6 Å². The molecule has 1 saturated heterocycles. The van der Waals surface area contributed by atoms with Gasteiger partial charge < -0.3 is 15.7 Å². The van der Waals surface area contributed by atoms with Gasteiger partial charge in [-0.3, -0.25) is 0 Å². The Morgan fingerprint density at radius 1 is 1.37 bits per heavy atom. The Kier molecular flexibility index (Phi) is 3.09.